The van der Waals surface area contributed by atoms with Crippen LogP contribution in [0.3, 0.4) is 0 Å². The van der Waals surface area contributed by atoms with Crippen LogP contribution in [0.5, 0.6) is 5.75 Å². The molecule has 6 nitrogen and oxygen atoms in total. The van der Waals surface area contributed by atoms with E-state index in [4.69, 9.17) is 26.0 Å². The Morgan fingerprint density at radius 3 is 2.92 bits per heavy atom. The van der Waals surface area contributed by atoms with Gasteiger partial charge in [-0.15, -0.1) is 0 Å². The van der Waals surface area contributed by atoms with E-state index in [1.807, 2.05) is 19.1 Å². The first-order chi connectivity index (χ1) is 11.5. The number of halogens is 1. The lowest BCUT2D eigenvalue weighted by atomic mass is 10.1. The molecule has 0 saturated heterocycles. The van der Waals surface area contributed by atoms with Gasteiger partial charge >= 0.3 is 5.97 Å². The van der Waals surface area contributed by atoms with Gasteiger partial charge in [-0.2, -0.15) is 0 Å². The number of hydrogen-bond acceptors (Lipinski definition) is 5. The zero-order chi connectivity index (χ0) is 17.1. The van der Waals surface area contributed by atoms with Gasteiger partial charge in [0.05, 0.1) is 22.8 Å². The Morgan fingerprint density at radius 2 is 2.21 bits per heavy atom. The van der Waals surface area contributed by atoms with Gasteiger partial charge in [0.2, 0.25) is 0 Å². The Hall–Kier alpha value is -2.60. The van der Waals surface area contributed by atoms with Gasteiger partial charge in [-0.05, 0) is 24.6 Å². The number of aryl methyl sites for hydroxylation is 2. The highest BCUT2D eigenvalue weighted by Gasteiger charge is 2.14. The number of ether oxygens (including phenoxy) is 1. The molecule has 24 heavy (non-hydrogen) atoms. The Kier molecular flexibility index (Phi) is 4.66. The maximum atomic E-state index is 10.7. The number of nitrogens with zero attached hydrogens (tertiary/aromatic N) is 2. The lowest BCUT2D eigenvalue weighted by molar-refractivity contribution is -0.136. The fourth-order valence-electron chi connectivity index (χ4n) is 2.24. The molecule has 124 valence electrons. The van der Waals surface area contributed by atoms with Crippen molar-refractivity contribution in [2.75, 3.05) is 0 Å². The molecule has 0 unspecified atom stereocenters. The average Bonchev–Trinajstić information content (AvgIpc) is 2.94. The molecule has 0 fully saturated rings. The van der Waals surface area contributed by atoms with Crippen LogP contribution in [0, 0.1) is 6.92 Å². The summed E-state index contributed by atoms with van der Waals surface area (Å²) in [4.78, 5) is 15.0. The van der Waals surface area contributed by atoms with Gasteiger partial charge in [0.1, 0.15) is 12.4 Å². The Bertz CT molecular complexity index is 874. The lowest BCUT2D eigenvalue weighted by Gasteiger charge is -2.07. The number of carboxylic acid groups (broad SMARTS) is 1. The van der Waals surface area contributed by atoms with E-state index < -0.39 is 5.97 Å². The SMILES string of the molecule is Cc1ccc(COc2cc3onc(CCC(=O)O)c3cc2Cl)nc1. The molecule has 2 aromatic heterocycles. The van der Waals surface area contributed by atoms with Crippen LogP contribution in [-0.2, 0) is 17.8 Å². The number of hydrogen-bond donors (Lipinski definition) is 1. The Labute approximate surface area is 143 Å². The molecule has 7 heteroatoms. The van der Waals surface area contributed by atoms with Crippen molar-refractivity contribution in [2.24, 2.45) is 0 Å². The second-order valence-corrected chi connectivity index (χ2v) is 5.82. The molecule has 0 saturated carbocycles. The first-order valence-electron chi connectivity index (χ1n) is 7.37. The minimum atomic E-state index is -0.886. The van der Waals surface area contributed by atoms with E-state index in [1.165, 1.54) is 0 Å². The second kappa shape index (κ2) is 6.88. The number of pyridine rings is 1. The molecule has 3 aromatic rings. The Balaban J connectivity index is 1.78. The fraction of sp³-hybridized carbons (Fsp3) is 0.235. The lowest BCUT2D eigenvalue weighted by Crippen LogP contribution is -1.99. The van der Waals surface area contributed by atoms with Gasteiger partial charge < -0.3 is 14.4 Å². The highest BCUT2D eigenvalue weighted by atomic mass is 35.5. The predicted molar refractivity (Wildman–Crippen MR) is 88.3 cm³/mol. The van der Waals surface area contributed by atoms with E-state index in [0.29, 0.717) is 27.4 Å². The van der Waals surface area contributed by atoms with Gasteiger partial charge in [-0.1, -0.05) is 22.8 Å². The van der Waals surface area contributed by atoms with E-state index in [9.17, 15) is 4.79 Å². The number of carbonyl (C=O) groups is 1. The average molecular weight is 347 g/mol. The molecule has 1 N–H and O–H groups in total. The van der Waals surface area contributed by atoms with E-state index in [-0.39, 0.29) is 19.4 Å². The minimum absolute atomic E-state index is 0.0173. The van der Waals surface area contributed by atoms with E-state index in [0.717, 1.165) is 11.3 Å². The first-order valence-corrected chi connectivity index (χ1v) is 7.74. The normalized spacial score (nSPS) is 10.9. The summed E-state index contributed by atoms with van der Waals surface area (Å²) in [6.07, 6.45) is 2.04. The third kappa shape index (κ3) is 3.65. The quantitative estimate of drug-likeness (QED) is 0.731. The zero-order valence-electron chi connectivity index (χ0n) is 13.0. The molecule has 0 aliphatic carbocycles. The minimum Gasteiger partial charge on any atom is -0.486 e. The third-order valence-corrected chi connectivity index (χ3v) is 3.82. The van der Waals surface area contributed by atoms with Crippen molar-refractivity contribution >= 4 is 28.5 Å². The molecule has 0 amide bonds. The molecule has 0 radical (unpaired) electrons. The largest absolute Gasteiger partial charge is 0.486 e. The van der Waals surface area contributed by atoms with Crippen molar-refractivity contribution in [3.05, 3.63) is 52.4 Å². The fourth-order valence-corrected chi connectivity index (χ4v) is 2.46. The van der Waals surface area contributed by atoms with Crippen LogP contribution < -0.4 is 4.74 Å². The molecule has 3 rings (SSSR count). The smallest absolute Gasteiger partial charge is 0.303 e. The van der Waals surface area contributed by atoms with Crippen molar-refractivity contribution in [1.29, 1.82) is 0 Å². The molecular formula is C17H15ClN2O4. The summed E-state index contributed by atoms with van der Waals surface area (Å²) in [5.41, 5.74) is 2.94. The molecule has 2 heterocycles. The summed E-state index contributed by atoms with van der Waals surface area (Å²) in [6.45, 7) is 2.25. The summed E-state index contributed by atoms with van der Waals surface area (Å²) in [5, 5.41) is 13.8. The predicted octanol–water partition coefficient (Wildman–Crippen LogP) is 3.78. The van der Waals surface area contributed by atoms with Gasteiger partial charge in [-0.3, -0.25) is 9.78 Å². The van der Waals surface area contributed by atoms with Crippen LogP contribution in [0.4, 0.5) is 0 Å². The highest BCUT2D eigenvalue weighted by Crippen LogP contribution is 2.32. The number of aliphatic carboxylic acids is 1. The van der Waals surface area contributed by atoms with E-state index in [2.05, 4.69) is 10.1 Å². The maximum absolute atomic E-state index is 10.7. The molecule has 0 spiro atoms. The van der Waals surface area contributed by atoms with Crippen LogP contribution in [0.25, 0.3) is 11.0 Å². The van der Waals surface area contributed by atoms with Gasteiger partial charge in [0.25, 0.3) is 0 Å². The van der Waals surface area contributed by atoms with E-state index >= 15 is 0 Å². The molecule has 0 atom stereocenters. The standard InChI is InChI=1S/C17H15ClN2O4/c1-10-2-3-11(19-8-10)9-23-16-7-15-12(6-13(16)18)14(20-24-15)4-5-17(21)22/h2-3,6-8H,4-5,9H2,1H3,(H,21,22). The van der Waals surface area contributed by atoms with Crippen molar-refractivity contribution < 1.29 is 19.2 Å². The van der Waals surface area contributed by atoms with Crippen LogP contribution in [0.2, 0.25) is 5.02 Å². The number of aromatic nitrogens is 2. The summed E-state index contributed by atoms with van der Waals surface area (Å²) in [6, 6.07) is 7.19. The maximum Gasteiger partial charge on any atom is 0.303 e. The topological polar surface area (TPSA) is 85.5 Å². The number of benzene rings is 1. The second-order valence-electron chi connectivity index (χ2n) is 5.42. The summed E-state index contributed by atoms with van der Waals surface area (Å²) >= 11 is 6.26. The molecule has 0 bridgehead atoms. The third-order valence-electron chi connectivity index (χ3n) is 3.52. The van der Waals surface area contributed by atoms with Crippen LogP contribution >= 0.6 is 11.6 Å². The number of fused-ring (bicyclic) bond motifs is 1. The number of rotatable bonds is 6. The number of carboxylic acids is 1. The van der Waals surface area contributed by atoms with Crippen molar-refractivity contribution in [2.45, 2.75) is 26.4 Å². The van der Waals surface area contributed by atoms with Gasteiger partial charge in [0.15, 0.2) is 5.58 Å². The summed E-state index contributed by atoms with van der Waals surface area (Å²) in [7, 11) is 0. The van der Waals surface area contributed by atoms with Crippen molar-refractivity contribution in [3.8, 4) is 5.75 Å². The summed E-state index contributed by atoms with van der Waals surface area (Å²) < 4.78 is 10.9. The van der Waals surface area contributed by atoms with Gasteiger partial charge in [-0.25, -0.2) is 0 Å². The summed E-state index contributed by atoms with van der Waals surface area (Å²) in [5.74, 6) is -0.421. The van der Waals surface area contributed by atoms with Crippen molar-refractivity contribution in [1.82, 2.24) is 10.1 Å². The van der Waals surface area contributed by atoms with Crippen LogP contribution in [0.15, 0.2) is 35.0 Å². The van der Waals surface area contributed by atoms with Crippen LogP contribution in [-0.4, -0.2) is 21.2 Å². The van der Waals surface area contributed by atoms with Gasteiger partial charge in [0, 0.05) is 24.1 Å². The molecular weight excluding hydrogens is 332 g/mol. The highest BCUT2D eigenvalue weighted by molar-refractivity contribution is 6.32. The first kappa shape index (κ1) is 16.3. The van der Waals surface area contributed by atoms with E-state index in [1.54, 1.807) is 18.3 Å². The monoisotopic (exact) mass is 346 g/mol. The molecule has 0 aliphatic heterocycles. The van der Waals surface area contributed by atoms with Crippen LogP contribution in [0.1, 0.15) is 23.4 Å². The zero-order valence-corrected chi connectivity index (χ0v) is 13.7. The Morgan fingerprint density at radius 1 is 1.38 bits per heavy atom. The molecule has 0 aliphatic rings. The molecule has 1 aromatic carbocycles. The van der Waals surface area contributed by atoms with Crippen molar-refractivity contribution in [3.63, 3.8) is 0 Å².